The number of rotatable bonds is 5. The van der Waals surface area contributed by atoms with Gasteiger partial charge in [0.05, 0.1) is 12.2 Å². The fourth-order valence-electron chi connectivity index (χ4n) is 1.51. The van der Waals surface area contributed by atoms with Crippen LogP contribution in [0.5, 0.6) is 0 Å². The van der Waals surface area contributed by atoms with Crippen molar-refractivity contribution in [2.45, 2.75) is 13.5 Å². The van der Waals surface area contributed by atoms with Crippen LogP contribution in [0.25, 0.3) is 0 Å². The summed E-state index contributed by atoms with van der Waals surface area (Å²) in [6.45, 7) is 1.87. The van der Waals surface area contributed by atoms with Crippen LogP contribution < -0.4 is 5.32 Å². The molecule has 2 rings (SSSR count). The third-order valence-corrected chi connectivity index (χ3v) is 3.19. The van der Waals surface area contributed by atoms with E-state index in [2.05, 4.69) is 15.4 Å². The van der Waals surface area contributed by atoms with E-state index in [-0.39, 0.29) is 24.9 Å². The smallest absolute Gasteiger partial charge is 0.341 e. The van der Waals surface area contributed by atoms with Gasteiger partial charge in [-0.3, -0.25) is 4.79 Å². The van der Waals surface area contributed by atoms with Gasteiger partial charge in [0.25, 0.3) is 5.82 Å². The zero-order valence-corrected chi connectivity index (χ0v) is 11.9. The lowest BCUT2D eigenvalue weighted by molar-refractivity contribution is -0.116. The third kappa shape index (κ3) is 3.64. The van der Waals surface area contributed by atoms with E-state index in [1.54, 1.807) is 24.4 Å². The maximum Gasteiger partial charge on any atom is 0.341 e. The van der Waals surface area contributed by atoms with Gasteiger partial charge in [0, 0.05) is 0 Å². The fraction of sp³-hybridized carbons (Fsp3) is 0.250. The van der Waals surface area contributed by atoms with Crippen molar-refractivity contribution in [1.82, 2.24) is 14.8 Å². The maximum absolute atomic E-state index is 11.9. The van der Waals surface area contributed by atoms with E-state index < -0.39 is 5.97 Å². The Morgan fingerprint density at radius 2 is 2.38 bits per heavy atom. The highest BCUT2D eigenvalue weighted by Crippen LogP contribution is 2.24. The van der Waals surface area contributed by atoms with Gasteiger partial charge in [-0.1, -0.05) is 0 Å². The molecular formula is C12H11N5O3S. The number of aromatic nitrogens is 3. The molecule has 108 valence electrons. The first kappa shape index (κ1) is 14.7. The number of hydrogen-bond donors (Lipinski definition) is 1. The minimum Gasteiger partial charge on any atom is -0.462 e. The van der Waals surface area contributed by atoms with Crippen molar-refractivity contribution in [3.8, 4) is 6.07 Å². The van der Waals surface area contributed by atoms with Crippen molar-refractivity contribution in [3.05, 3.63) is 29.2 Å². The van der Waals surface area contributed by atoms with Crippen molar-refractivity contribution in [1.29, 1.82) is 5.26 Å². The van der Waals surface area contributed by atoms with Crippen molar-refractivity contribution in [2.75, 3.05) is 11.9 Å². The SMILES string of the molecule is CCOC(=O)c1ccsc1NC(=O)Cn1cnc(C#N)n1. The van der Waals surface area contributed by atoms with Crippen LogP contribution in [0.1, 0.15) is 23.1 Å². The van der Waals surface area contributed by atoms with Crippen molar-refractivity contribution >= 4 is 28.2 Å². The molecule has 0 aromatic carbocycles. The highest BCUT2D eigenvalue weighted by atomic mass is 32.1. The van der Waals surface area contributed by atoms with Crippen LogP contribution in [0, 0.1) is 11.3 Å². The number of nitriles is 1. The molecule has 0 saturated carbocycles. The minimum absolute atomic E-state index is 0.00821. The third-order valence-electron chi connectivity index (χ3n) is 2.36. The first-order chi connectivity index (χ1) is 10.1. The Morgan fingerprint density at radius 1 is 1.57 bits per heavy atom. The summed E-state index contributed by atoms with van der Waals surface area (Å²) in [5.74, 6) is -0.870. The Bertz CT molecular complexity index is 700. The summed E-state index contributed by atoms with van der Waals surface area (Å²) in [4.78, 5) is 27.3. The molecule has 0 fully saturated rings. The van der Waals surface area contributed by atoms with E-state index in [1.807, 2.05) is 0 Å². The van der Waals surface area contributed by atoms with Gasteiger partial charge in [-0.25, -0.2) is 14.5 Å². The zero-order valence-electron chi connectivity index (χ0n) is 11.1. The molecule has 0 unspecified atom stereocenters. The van der Waals surface area contributed by atoms with E-state index in [1.165, 1.54) is 22.3 Å². The second-order valence-electron chi connectivity index (χ2n) is 3.81. The van der Waals surface area contributed by atoms with Crippen LogP contribution >= 0.6 is 11.3 Å². The number of anilines is 1. The summed E-state index contributed by atoms with van der Waals surface area (Å²) < 4.78 is 6.14. The van der Waals surface area contributed by atoms with Crippen LogP contribution in [-0.2, 0) is 16.1 Å². The van der Waals surface area contributed by atoms with Crippen LogP contribution in [-0.4, -0.2) is 33.2 Å². The Morgan fingerprint density at radius 3 is 3.05 bits per heavy atom. The number of nitrogens with zero attached hydrogens (tertiary/aromatic N) is 4. The van der Waals surface area contributed by atoms with Crippen LogP contribution in [0.4, 0.5) is 5.00 Å². The molecule has 0 aliphatic carbocycles. The number of carbonyl (C=O) groups excluding carboxylic acids is 2. The van der Waals surface area contributed by atoms with E-state index >= 15 is 0 Å². The average Bonchev–Trinajstić information content (AvgIpc) is 3.08. The second-order valence-corrected chi connectivity index (χ2v) is 4.73. The fourth-order valence-corrected chi connectivity index (χ4v) is 2.30. The molecule has 0 atom stereocenters. The van der Waals surface area contributed by atoms with Gasteiger partial charge in [0.15, 0.2) is 0 Å². The summed E-state index contributed by atoms with van der Waals surface area (Å²) in [7, 11) is 0. The lowest BCUT2D eigenvalue weighted by atomic mass is 10.3. The highest BCUT2D eigenvalue weighted by molar-refractivity contribution is 7.14. The molecule has 2 aromatic rings. The minimum atomic E-state index is -0.485. The Hall–Kier alpha value is -2.73. The predicted octanol–water partition coefficient (Wildman–Crippen LogP) is 1.03. The molecule has 0 radical (unpaired) electrons. The highest BCUT2D eigenvalue weighted by Gasteiger charge is 2.16. The van der Waals surface area contributed by atoms with Crippen LogP contribution in [0.15, 0.2) is 17.8 Å². The predicted molar refractivity (Wildman–Crippen MR) is 73.6 cm³/mol. The molecular weight excluding hydrogens is 294 g/mol. The van der Waals surface area contributed by atoms with Gasteiger partial charge in [-0.05, 0) is 18.4 Å². The van der Waals surface area contributed by atoms with Gasteiger partial charge in [0.1, 0.15) is 23.9 Å². The van der Waals surface area contributed by atoms with Gasteiger partial charge >= 0.3 is 5.97 Å². The number of carbonyl (C=O) groups is 2. The molecule has 2 heterocycles. The largest absolute Gasteiger partial charge is 0.462 e. The molecule has 0 aliphatic heterocycles. The average molecular weight is 305 g/mol. The molecule has 2 aromatic heterocycles. The Kier molecular flexibility index (Phi) is 4.63. The normalized spacial score (nSPS) is 9.90. The summed E-state index contributed by atoms with van der Waals surface area (Å²) in [6.07, 6.45) is 1.29. The van der Waals surface area contributed by atoms with E-state index in [0.29, 0.717) is 10.6 Å². The van der Waals surface area contributed by atoms with E-state index in [4.69, 9.17) is 10.00 Å². The number of thiophene rings is 1. The number of esters is 1. The lowest BCUT2D eigenvalue weighted by Crippen LogP contribution is -2.20. The van der Waals surface area contributed by atoms with Crippen LogP contribution in [0.3, 0.4) is 0 Å². The second kappa shape index (κ2) is 6.62. The molecule has 0 saturated heterocycles. The van der Waals surface area contributed by atoms with Crippen molar-refractivity contribution in [2.24, 2.45) is 0 Å². The molecule has 1 amide bonds. The quantitative estimate of drug-likeness (QED) is 0.826. The summed E-state index contributed by atoms with van der Waals surface area (Å²) in [6, 6.07) is 3.36. The number of ether oxygens (including phenoxy) is 1. The first-order valence-electron chi connectivity index (χ1n) is 5.98. The van der Waals surface area contributed by atoms with Gasteiger partial charge < -0.3 is 10.1 Å². The Labute approximate surface area is 124 Å². The molecule has 9 heteroatoms. The van der Waals surface area contributed by atoms with Gasteiger partial charge in [-0.15, -0.1) is 16.4 Å². The van der Waals surface area contributed by atoms with Crippen molar-refractivity contribution < 1.29 is 14.3 Å². The van der Waals surface area contributed by atoms with Gasteiger partial charge in [0.2, 0.25) is 5.91 Å². The molecule has 0 spiro atoms. The first-order valence-corrected chi connectivity index (χ1v) is 6.86. The number of nitrogens with one attached hydrogen (secondary N) is 1. The topological polar surface area (TPSA) is 110 Å². The molecule has 21 heavy (non-hydrogen) atoms. The zero-order chi connectivity index (χ0) is 15.2. The Balaban J connectivity index is 2.02. The standard InChI is InChI=1S/C12H11N5O3S/c1-2-20-12(19)8-3-4-21-11(8)15-10(18)6-17-7-14-9(5-13)16-17/h3-4,7H,2,6H2,1H3,(H,15,18). The molecule has 8 nitrogen and oxygen atoms in total. The summed E-state index contributed by atoms with van der Waals surface area (Å²) in [5, 5.41) is 17.1. The summed E-state index contributed by atoms with van der Waals surface area (Å²) >= 11 is 1.22. The van der Waals surface area contributed by atoms with E-state index in [9.17, 15) is 9.59 Å². The monoisotopic (exact) mass is 305 g/mol. The molecule has 1 N–H and O–H groups in total. The van der Waals surface area contributed by atoms with E-state index in [0.717, 1.165) is 0 Å². The summed E-state index contributed by atoms with van der Waals surface area (Å²) in [5.41, 5.74) is 0.312. The van der Waals surface area contributed by atoms with Crippen LogP contribution in [0.2, 0.25) is 0 Å². The van der Waals surface area contributed by atoms with Gasteiger partial charge in [-0.2, -0.15) is 5.26 Å². The maximum atomic E-state index is 11.9. The number of amides is 1. The molecule has 0 bridgehead atoms. The van der Waals surface area contributed by atoms with Crippen molar-refractivity contribution in [3.63, 3.8) is 0 Å². The number of hydrogen-bond acceptors (Lipinski definition) is 7. The molecule has 0 aliphatic rings. The lowest BCUT2D eigenvalue weighted by Gasteiger charge is -2.05.